The molecule has 0 aromatic heterocycles. The number of benzene rings is 2. The van der Waals surface area contributed by atoms with E-state index in [2.05, 4.69) is 0 Å². The van der Waals surface area contributed by atoms with Gasteiger partial charge in [-0.15, -0.1) is 0 Å². The standard InChI is InChI=1S/C20H18F6O2/c1-3-5-10-28-14-9-7-12-11-6-8-13(27-4-2)17(21)15(11)19(23,24)20(25,26)16(12)18(14)22/h6-9H,3-5,10H2,1-2H3. The van der Waals surface area contributed by atoms with Crippen LogP contribution in [0, 0.1) is 11.6 Å². The van der Waals surface area contributed by atoms with Gasteiger partial charge >= 0.3 is 11.8 Å². The summed E-state index contributed by atoms with van der Waals surface area (Å²) in [5.41, 5.74) is -4.02. The fourth-order valence-electron chi connectivity index (χ4n) is 3.20. The second-order valence-electron chi connectivity index (χ2n) is 6.38. The van der Waals surface area contributed by atoms with Gasteiger partial charge in [-0.05, 0) is 48.7 Å². The summed E-state index contributed by atoms with van der Waals surface area (Å²) < 4.78 is 98.2. The van der Waals surface area contributed by atoms with Crippen molar-refractivity contribution in [3.05, 3.63) is 47.0 Å². The Labute approximate surface area is 158 Å². The number of alkyl halides is 4. The summed E-state index contributed by atoms with van der Waals surface area (Å²) in [6.45, 7) is 3.36. The zero-order valence-electron chi connectivity index (χ0n) is 15.2. The molecule has 0 heterocycles. The van der Waals surface area contributed by atoms with E-state index in [9.17, 15) is 26.3 Å². The Bertz CT molecular complexity index is 895. The van der Waals surface area contributed by atoms with Crippen LogP contribution in [0.5, 0.6) is 11.5 Å². The SMILES string of the molecule is CCCCOc1ccc2c(c1F)C(F)(F)C(F)(F)c1c-2ccc(OCC)c1F. The van der Waals surface area contributed by atoms with Gasteiger partial charge in [0.2, 0.25) is 0 Å². The highest BCUT2D eigenvalue weighted by molar-refractivity contribution is 5.78. The topological polar surface area (TPSA) is 18.5 Å². The van der Waals surface area contributed by atoms with Gasteiger partial charge in [-0.3, -0.25) is 0 Å². The zero-order chi connectivity index (χ0) is 20.7. The third-order valence-corrected chi connectivity index (χ3v) is 4.58. The minimum atomic E-state index is -4.98. The molecule has 0 amide bonds. The molecule has 2 aromatic rings. The summed E-state index contributed by atoms with van der Waals surface area (Å²) >= 11 is 0. The third kappa shape index (κ3) is 2.89. The van der Waals surface area contributed by atoms with Gasteiger partial charge in [0.1, 0.15) is 0 Å². The summed E-state index contributed by atoms with van der Waals surface area (Å²) in [6, 6.07) is 4.22. The first-order valence-corrected chi connectivity index (χ1v) is 8.86. The van der Waals surface area contributed by atoms with E-state index >= 15 is 0 Å². The lowest BCUT2D eigenvalue weighted by atomic mass is 9.79. The van der Waals surface area contributed by atoms with Crippen LogP contribution in [0.3, 0.4) is 0 Å². The summed E-state index contributed by atoms with van der Waals surface area (Å²) in [4.78, 5) is 0. The zero-order valence-corrected chi connectivity index (χ0v) is 15.2. The van der Waals surface area contributed by atoms with Crippen molar-refractivity contribution in [1.82, 2.24) is 0 Å². The highest BCUT2D eigenvalue weighted by Crippen LogP contribution is 2.60. The quantitative estimate of drug-likeness (QED) is 0.409. The van der Waals surface area contributed by atoms with Gasteiger partial charge in [0.05, 0.1) is 24.3 Å². The second kappa shape index (κ2) is 7.22. The molecular weight excluding hydrogens is 386 g/mol. The second-order valence-corrected chi connectivity index (χ2v) is 6.38. The number of fused-ring (bicyclic) bond motifs is 3. The van der Waals surface area contributed by atoms with Crippen molar-refractivity contribution in [3.63, 3.8) is 0 Å². The molecule has 2 nitrogen and oxygen atoms in total. The Balaban J connectivity index is 2.25. The normalized spacial score (nSPS) is 16.3. The average Bonchev–Trinajstić information content (AvgIpc) is 2.63. The van der Waals surface area contributed by atoms with Gasteiger partial charge in [0, 0.05) is 0 Å². The van der Waals surface area contributed by atoms with E-state index < -0.39 is 57.2 Å². The number of unbranched alkanes of at least 4 members (excludes halogenated alkanes) is 1. The van der Waals surface area contributed by atoms with Crippen LogP contribution in [0.25, 0.3) is 11.1 Å². The molecule has 2 aromatic carbocycles. The van der Waals surface area contributed by atoms with E-state index in [-0.39, 0.29) is 13.2 Å². The van der Waals surface area contributed by atoms with Crippen LogP contribution in [0.15, 0.2) is 24.3 Å². The number of hydrogen-bond acceptors (Lipinski definition) is 2. The van der Waals surface area contributed by atoms with Crippen molar-refractivity contribution in [1.29, 1.82) is 0 Å². The van der Waals surface area contributed by atoms with Gasteiger partial charge in [-0.25, -0.2) is 8.78 Å². The first kappa shape index (κ1) is 20.4. The van der Waals surface area contributed by atoms with E-state index in [1.165, 1.54) is 6.92 Å². The van der Waals surface area contributed by atoms with Gasteiger partial charge in [0.25, 0.3) is 0 Å². The van der Waals surface area contributed by atoms with Gasteiger partial charge in [-0.2, -0.15) is 17.6 Å². The van der Waals surface area contributed by atoms with Crippen molar-refractivity contribution in [2.75, 3.05) is 13.2 Å². The fraction of sp³-hybridized carbons (Fsp3) is 0.400. The molecule has 0 saturated carbocycles. The molecule has 0 bridgehead atoms. The molecule has 0 fully saturated rings. The number of hydrogen-bond donors (Lipinski definition) is 0. The molecule has 152 valence electrons. The Kier molecular flexibility index (Phi) is 5.25. The van der Waals surface area contributed by atoms with Gasteiger partial charge in [0.15, 0.2) is 23.1 Å². The van der Waals surface area contributed by atoms with Crippen LogP contribution in [0.2, 0.25) is 0 Å². The fourth-order valence-corrected chi connectivity index (χ4v) is 3.20. The minimum Gasteiger partial charge on any atom is -0.491 e. The monoisotopic (exact) mass is 404 g/mol. The Morgan fingerprint density at radius 1 is 0.750 bits per heavy atom. The van der Waals surface area contributed by atoms with Crippen LogP contribution in [-0.2, 0) is 11.8 Å². The summed E-state index contributed by atoms with van der Waals surface area (Å²) in [5, 5.41) is 0. The van der Waals surface area contributed by atoms with Crippen molar-refractivity contribution in [2.24, 2.45) is 0 Å². The van der Waals surface area contributed by atoms with Crippen LogP contribution in [-0.4, -0.2) is 13.2 Å². The summed E-state index contributed by atoms with van der Waals surface area (Å²) in [5.74, 6) is -14.2. The maximum Gasteiger partial charge on any atom is 0.343 e. The summed E-state index contributed by atoms with van der Waals surface area (Å²) in [6.07, 6.45) is 1.26. The van der Waals surface area contributed by atoms with E-state index in [0.29, 0.717) is 6.42 Å². The lowest BCUT2D eigenvalue weighted by Gasteiger charge is -2.35. The summed E-state index contributed by atoms with van der Waals surface area (Å²) in [7, 11) is 0. The molecule has 3 rings (SSSR count). The predicted molar refractivity (Wildman–Crippen MR) is 91.2 cm³/mol. The molecule has 0 spiro atoms. The van der Waals surface area contributed by atoms with E-state index in [1.54, 1.807) is 0 Å². The Hall–Kier alpha value is -2.38. The number of halogens is 6. The maximum atomic E-state index is 14.8. The molecule has 0 radical (unpaired) electrons. The molecule has 0 aliphatic heterocycles. The van der Waals surface area contributed by atoms with Gasteiger partial charge in [-0.1, -0.05) is 13.3 Å². The Morgan fingerprint density at radius 3 is 1.64 bits per heavy atom. The van der Waals surface area contributed by atoms with Crippen molar-refractivity contribution < 1.29 is 35.8 Å². The number of ether oxygens (including phenoxy) is 2. The average molecular weight is 404 g/mol. The van der Waals surface area contributed by atoms with Crippen LogP contribution >= 0.6 is 0 Å². The first-order valence-electron chi connectivity index (χ1n) is 8.86. The minimum absolute atomic E-state index is 0.0403. The van der Waals surface area contributed by atoms with Crippen molar-refractivity contribution in [3.8, 4) is 22.6 Å². The largest absolute Gasteiger partial charge is 0.491 e. The molecule has 28 heavy (non-hydrogen) atoms. The van der Waals surface area contributed by atoms with E-state index in [0.717, 1.165) is 30.7 Å². The molecule has 0 atom stereocenters. The predicted octanol–water partition coefficient (Wildman–Crippen LogP) is 6.41. The maximum absolute atomic E-state index is 14.8. The lowest BCUT2D eigenvalue weighted by Crippen LogP contribution is -2.41. The highest BCUT2D eigenvalue weighted by Gasteiger charge is 2.65. The smallest absolute Gasteiger partial charge is 0.343 e. The van der Waals surface area contributed by atoms with Crippen molar-refractivity contribution >= 4 is 0 Å². The van der Waals surface area contributed by atoms with E-state index in [4.69, 9.17) is 9.47 Å². The first-order chi connectivity index (χ1) is 13.2. The molecule has 1 aliphatic rings. The highest BCUT2D eigenvalue weighted by atomic mass is 19.3. The van der Waals surface area contributed by atoms with Crippen LogP contribution < -0.4 is 9.47 Å². The molecular formula is C20H18F6O2. The van der Waals surface area contributed by atoms with E-state index in [1.807, 2.05) is 6.92 Å². The Morgan fingerprint density at radius 2 is 1.21 bits per heavy atom. The van der Waals surface area contributed by atoms with Gasteiger partial charge < -0.3 is 9.47 Å². The molecule has 0 unspecified atom stereocenters. The lowest BCUT2D eigenvalue weighted by molar-refractivity contribution is -0.228. The van der Waals surface area contributed by atoms with Crippen LogP contribution in [0.1, 0.15) is 37.8 Å². The third-order valence-electron chi connectivity index (χ3n) is 4.58. The number of rotatable bonds is 6. The molecule has 8 heteroatoms. The van der Waals surface area contributed by atoms with Crippen molar-refractivity contribution in [2.45, 2.75) is 38.5 Å². The molecule has 0 N–H and O–H groups in total. The molecule has 0 saturated heterocycles. The van der Waals surface area contributed by atoms with Crippen LogP contribution in [0.4, 0.5) is 26.3 Å². The molecule has 1 aliphatic carbocycles.